The summed E-state index contributed by atoms with van der Waals surface area (Å²) in [5.74, 6) is 2.37. The number of hydrogen-bond donors (Lipinski definition) is 1. The predicted molar refractivity (Wildman–Crippen MR) is 85.5 cm³/mol. The van der Waals surface area contributed by atoms with E-state index in [4.69, 9.17) is 9.47 Å². The monoisotopic (exact) mass is 290 g/mol. The third-order valence-corrected chi connectivity index (χ3v) is 4.55. The third-order valence-electron chi connectivity index (χ3n) is 4.55. The molecule has 1 aromatic carbocycles. The molecule has 4 heteroatoms. The molecule has 2 aliphatic heterocycles. The van der Waals surface area contributed by atoms with E-state index in [-0.39, 0.29) is 0 Å². The Labute approximate surface area is 127 Å². The topological polar surface area (TPSA) is 33.7 Å². The minimum Gasteiger partial charge on any atom is -0.486 e. The van der Waals surface area contributed by atoms with Crippen LogP contribution in [0.1, 0.15) is 27.2 Å². The number of piperazine rings is 1. The van der Waals surface area contributed by atoms with E-state index in [2.05, 4.69) is 43.1 Å². The summed E-state index contributed by atoms with van der Waals surface area (Å²) in [6, 6.07) is 7.44. The van der Waals surface area contributed by atoms with Crippen LogP contribution in [0.25, 0.3) is 0 Å². The number of nitrogens with one attached hydrogen (secondary N) is 1. The van der Waals surface area contributed by atoms with Crippen molar-refractivity contribution in [3.8, 4) is 11.5 Å². The highest BCUT2D eigenvalue weighted by molar-refractivity contribution is 5.58. The number of rotatable bonds is 3. The highest BCUT2D eigenvalue weighted by Crippen LogP contribution is 2.35. The number of hydrogen-bond acceptors (Lipinski definition) is 4. The van der Waals surface area contributed by atoms with Crippen LogP contribution in [0.3, 0.4) is 0 Å². The summed E-state index contributed by atoms with van der Waals surface area (Å²) in [5.41, 5.74) is 1.25. The summed E-state index contributed by atoms with van der Waals surface area (Å²) in [6.45, 7) is 10.2. The molecule has 0 aromatic heterocycles. The Balaban J connectivity index is 1.87. The van der Waals surface area contributed by atoms with Crippen LogP contribution in [0.2, 0.25) is 0 Å². The van der Waals surface area contributed by atoms with Gasteiger partial charge in [0.25, 0.3) is 0 Å². The van der Waals surface area contributed by atoms with E-state index in [0.29, 0.717) is 31.2 Å². The number of fused-ring (bicyclic) bond motifs is 1. The van der Waals surface area contributed by atoms with Gasteiger partial charge in [0, 0.05) is 36.9 Å². The zero-order valence-electron chi connectivity index (χ0n) is 13.3. The van der Waals surface area contributed by atoms with Crippen molar-refractivity contribution in [2.75, 3.05) is 31.2 Å². The summed E-state index contributed by atoms with van der Waals surface area (Å²) in [6.07, 6.45) is 1.16. The van der Waals surface area contributed by atoms with Gasteiger partial charge in [-0.3, -0.25) is 0 Å². The van der Waals surface area contributed by atoms with Crippen LogP contribution in [0.5, 0.6) is 11.5 Å². The van der Waals surface area contributed by atoms with Crippen molar-refractivity contribution in [3.63, 3.8) is 0 Å². The van der Waals surface area contributed by atoms with E-state index in [9.17, 15) is 0 Å². The third kappa shape index (κ3) is 2.95. The Kier molecular flexibility index (Phi) is 4.24. The Morgan fingerprint density at radius 2 is 2.00 bits per heavy atom. The SMILES string of the molecule is CCC1CN(c2ccc3c(c2)OCCO3)C(C(C)C)CN1. The van der Waals surface area contributed by atoms with E-state index in [1.54, 1.807) is 0 Å². The van der Waals surface area contributed by atoms with Gasteiger partial charge in [0.1, 0.15) is 13.2 Å². The molecule has 3 rings (SSSR count). The maximum Gasteiger partial charge on any atom is 0.163 e. The summed E-state index contributed by atoms with van der Waals surface area (Å²) >= 11 is 0. The molecule has 0 amide bonds. The molecule has 116 valence electrons. The minimum atomic E-state index is 0.523. The zero-order chi connectivity index (χ0) is 14.8. The van der Waals surface area contributed by atoms with Gasteiger partial charge in [-0.25, -0.2) is 0 Å². The maximum atomic E-state index is 5.74. The second-order valence-electron chi connectivity index (χ2n) is 6.31. The molecule has 1 fully saturated rings. The number of benzene rings is 1. The quantitative estimate of drug-likeness (QED) is 0.928. The van der Waals surface area contributed by atoms with Crippen LogP contribution in [0.4, 0.5) is 5.69 Å². The fourth-order valence-corrected chi connectivity index (χ4v) is 3.21. The average Bonchev–Trinajstić information content (AvgIpc) is 2.53. The fourth-order valence-electron chi connectivity index (χ4n) is 3.21. The van der Waals surface area contributed by atoms with Gasteiger partial charge >= 0.3 is 0 Å². The number of ether oxygens (including phenoxy) is 2. The molecule has 1 saturated heterocycles. The highest BCUT2D eigenvalue weighted by Gasteiger charge is 2.30. The lowest BCUT2D eigenvalue weighted by Gasteiger charge is -2.44. The van der Waals surface area contributed by atoms with Crippen molar-refractivity contribution in [1.82, 2.24) is 5.32 Å². The van der Waals surface area contributed by atoms with Gasteiger partial charge in [-0.15, -0.1) is 0 Å². The van der Waals surface area contributed by atoms with Crippen LogP contribution in [0.15, 0.2) is 18.2 Å². The molecular weight excluding hydrogens is 264 g/mol. The molecule has 1 N–H and O–H groups in total. The molecule has 2 unspecified atom stereocenters. The summed E-state index contributed by atoms with van der Waals surface area (Å²) in [4.78, 5) is 2.54. The van der Waals surface area contributed by atoms with Crippen molar-refractivity contribution in [2.24, 2.45) is 5.92 Å². The van der Waals surface area contributed by atoms with Gasteiger partial charge in [-0.05, 0) is 24.5 Å². The van der Waals surface area contributed by atoms with Gasteiger partial charge < -0.3 is 19.7 Å². The van der Waals surface area contributed by atoms with Gasteiger partial charge in [0.2, 0.25) is 0 Å². The van der Waals surface area contributed by atoms with E-state index < -0.39 is 0 Å². The predicted octanol–water partition coefficient (Wildman–Crippen LogP) is 2.67. The first-order valence-corrected chi connectivity index (χ1v) is 8.08. The number of nitrogens with zero attached hydrogens (tertiary/aromatic N) is 1. The molecular formula is C17H26N2O2. The van der Waals surface area contributed by atoms with Crippen molar-refractivity contribution in [2.45, 2.75) is 39.3 Å². The molecule has 2 atom stereocenters. The molecule has 21 heavy (non-hydrogen) atoms. The minimum absolute atomic E-state index is 0.523. The van der Waals surface area contributed by atoms with Crippen molar-refractivity contribution in [3.05, 3.63) is 18.2 Å². The Morgan fingerprint density at radius 1 is 1.24 bits per heavy atom. The summed E-state index contributed by atoms with van der Waals surface area (Å²) in [7, 11) is 0. The highest BCUT2D eigenvalue weighted by atomic mass is 16.6. The second-order valence-corrected chi connectivity index (χ2v) is 6.31. The van der Waals surface area contributed by atoms with E-state index in [0.717, 1.165) is 31.0 Å². The van der Waals surface area contributed by atoms with E-state index in [1.807, 2.05) is 6.07 Å². The molecule has 4 nitrogen and oxygen atoms in total. The summed E-state index contributed by atoms with van der Waals surface area (Å²) in [5, 5.41) is 3.66. The van der Waals surface area contributed by atoms with Crippen LogP contribution < -0.4 is 19.7 Å². The van der Waals surface area contributed by atoms with Crippen molar-refractivity contribution >= 4 is 5.69 Å². The van der Waals surface area contributed by atoms with Crippen molar-refractivity contribution < 1.29 is 9.47 Å². The zero-order valence-corrected chi connectivity index (χ0v) is 13.3. The molecule has 0 bridgehead atoms. The number of anilines is 1. The van der Waals surface area contributed by atoms with Crippen LogP contribution in [-0.2, 0) is 0 Å². The molecule has 0 spiro atoms. The van der Waals surface area contributed by atoms with Crippen LogP contribution >= 0.6 is 0 Å². The average molecular weight is 290 g/mol. The van der Waals surface area contributed by atoms with Crippen molar-refractivity contribution in [1.29, 1.82) is 0 Å². The largest absolute Gasteiger partial charge is 0.486 e. The molecule has 0 radical (unpaired) electrons. The molecule has 2 aliphatic rings. The van der Waals surface area contributed by atoms with Gasteiger partial charge in [-0.2, -0.15) is 0 Å². The van der Waals surface area contributed by atoms with Gasteiger partial charge in [0.05, 0.1) is 0 Å². The maximum absolute atomic E-state index is 5.74. The molecule has 1 aromatic rings. The first-order valence-electron chi connectivity index (χ1n) is 8.08. The Hall–Kier alpha value is -1.42. The molecule has 0 aliphatic carbocycles. The lowest BCUT2D eigenvalue weighted by molar-refractivity contribution is 0.171. The normalized spacial score (nSPS) is 25.2. The van der Waals surface area contributed by atoms with Gasteiger partial charge in [0.15, 0.2) is 11.5 Å². The standard InChI is InChI=1S/C17H26N2O2/c1-4-13-11-19(15(10-18-13)12(2)3)14-5-6-16-17(9-14)21-8-7-20-16/h5-6,9,12-13,15,18H,4,7-8,10-11H2,1-3H3. The first kappa shape index (κ1) is 14.5. The smallest absolute Gasteiger partial charge is 0.163 e. The lowest BCUT2D eigenvalue weighted by Crippen LogP contribution is -2.58. The summed E-state index contributed by atoms with van der Waals surface area (Å²) < 4.78 is 11.4. The lowest BCUT2D eigenvalue weighted by atomic mass is 9.97. The Bertz CT molecular complexity index is 490. The first-order chi connectivity index (χ1) is 10.2. The van der Waals surface area contributed by atoms with Crippen LogP contribution in [0, 0.1) is 5.92 Å². The van der Waals surface area contributed by atoms with E-state index >= 15 is 0 Å². The van der Waals surface area contributed by atoms with Gasteiger partial charge in [-0.1, -0.05) is 20.8 Å². The fraction of sp³-hybridized carbons (Fsp3) is 0.647. The Morgan fingerprint density at radius 3 is 2.71 bits per heavy atom. The van der Waals surface area contributed by atoms with Crippen LogP contribution in [-0.4, -0.2) is 38.4 Å². The van der Waals surface area contributed by atoms with E-state index in [1.165, 1.54) is 5.69 Å². The molecule has 0 saturated carbocycles. The molecule has 2 heterocycles. The second kappa shape index (κ2) is 6.14.